The molecule has 0 aliphatic heterocycles. The monoisotopic (exact) mass is 400 g/mol. The Morgan fingerprint density at radius 3 is 2.00 bits per heavy atom. The number of rotatable bonds is 10. The van der Waals surface area contributed by atoms with Crippen molar-refractivity contribution in [1.82, 2.24) is 0 Å². The van der Waals surface area contributed by atoms with Crippen molar-refractivity contribution in [2.75, 3.05) is 27.4 Å². The summed E-state index contributed by atoms with van der Waals surface area (Å²) in [5.41, 5.74) is 1.80. The standard InChI is InChI=1S/C23H28O6/c1-5-28-22(24)20(23(25)29-6-2)15-19(16-10-8-7-9-11-16)18-13-12-17(26-3)14-21(18)27-4/h7-14,19-20H,5-6,15H2,1-4H3. The summed E-state index contributed by atoms with van der Waals surface area (Å²) >= 11 is 0. The Morgan fingerprint density at radius 1 is 0.862 bits per heavy atom. The van der Waals surface area contributed by atoms with E-state index in [0.29, 0.717) is 11.5 Å². The zero-order chi connectivity index (χ0) is 21.2. The molecule has 1 unspecified atom stereocenters. The molecule has 29 heavy (non-hydrogen) atoms. The zero-order valence-corrected chi connectivity index (χ0v) is 17.3. The second kappa shape index (κ2) is 11.1. The highest BCUT2D eigenvalue weighted by atomic mass is 16.6. The average Bonchev–Trinajstić information content (AvgIpc) is 2.75. The number of benzene rings is 2. The minimum Gasteiger partial charge on any atom is -0.497 e. The molecule has 0 aromatic heterocycles. The molecule has 0 saturated carbocycles. The van der Waals surface area contributed by atoms with E-state index in [1.54, 1.807) is 34.1 Å². The molecule has 0 heterocycles. The van der Waals surface area contributed by atoms with Gasteiger partial charge in [-0.05, 0) is 31.9 Å². The minimum atomic E-state index is -1.04. The Balaban J connectivity index is 2.50. The van der Waals surface area contributed by atoms with Crippen LogP contribution in [-0.2, 0) is 19.1 Å². The van der Waals surface area contributed by atoms with Crippen molar-refractivity contribution in [3.8, 4) is 11.5 Å². The Hall–Kier alpha value is -3.02. The fourth-order valence-electron chi connectivity index (χ4n) is 3.24. The van der Waals surface area contributed by atoms with E-state index in [1.165, 1.54) is 0 Å². The second-order valence-corrected chi connectivity index (χ2v) is 6.36. The fraction of sp³-hybridized carbons (Fsp3) is 0.391. The fourth-order valence-corrected chi connectivity index (χ4v) is 3.24. The van der Waals surface area contributed by atoms with Crippen LogP contribution in [0.5, 0.6) is 11.5 Å². The molecule has 0 bridgehead atoms. The predicted octanol–water partition coefficient (Wildman–Crippen LogP) is 3.97. The number of methoxy groups -OCH3 is 2. The van der Waals surface area contributed by atoms with Gasteiger partial charge in [0.1, 0.15) is 11.5 Å². The Labute approximate surface area is 171 Å². The van der Waals surface area contributed by atoms with E-state index in [4.69, 9.17) is 18.9 Å². The number of hydrogen-bond donors (Lipinski definition) is 0. The van der Waals surface area contributed by atoms with E-state index in [9.17, 15) is 9.59 Å². The summed E-state index contributed by atoms with van der Waals surface area (Å²) in [5.74, 6) is -1.21. The summed E-state index contributed by atoms with van der Waals surface area (Å²) < 4.78 is 21.2. The van der Waals surface area contributed by atoms with Gasteiger partial charge in [0, 0.05) is 17.5 Å². The molecule has 0 radical (unpaired) electrons. The van der Waals surface area contributed by atoms with Crippen LogP contribution in [0.4, 0.5) is 0 Å². The van der Waals surface area contributed by atoms with Crippen LogP contribution in [0.3, 0.4) is 0 Å². The number of carbonyl (C=O) groups is 2. The van der Waals surface area contributed by atoms with Crippen molar-refractivity contribution in [2.45, 2.75) is 26.2 Å². The molecule has 0 fully saturated rings. The number of esters is 2. The number of ether oxygens (including phenoxy) is 4. The number of hydrogen-bond acceptors (Lipinski definition) is 6. The summed E-state index contributed by atoms with van der Waals surface area (Å²) in [6.45, 7) is 3.80. The Morgan fingerprint density at radius 2 is 1.48 bits per heavy atom. The summed E-state index contributed by atoms with van der Waals surface area (Å²) in [6.07, 6.45) is 0.199. The van der Waals surface area contributed by atoms with Crippen LogP contribution in [-0.4, -0.2) is 39.4 Å². The lowest BCUT2D eigenvalue weighted by molar-refractivity contribution is -0.162. The highest BCUT2D eigenvalue weighted by Crippen LogP contribution is 2.38. The lowest BCUT2D eigenvalue weighted by Crippen LogP contribution is -2.30. The summed E-state index contributed by atoms with van der Waals surface area (Å²) in [4.78, 5) is 25.1. The van der Waals surface area contributed by atoms with Gasteiger partial charge < -0.3 is 18.9 Å². The first-order valence-corrected chi connectivity index (χ1v) is 9.65. The van der Waals surface area contributed by atoms with Gasteiger partial charge in [-0.25, -0.2) is 0 Å². The van der Waals surface area contributed by atoms with E-state index >= 15 is 0 Å². The van der Waals surface area contributed by atoms with Gasteiger partial charge >= 0.3 is 11.9 Å². The van der Waals surface area contributed by atoms with Crippen LogP contribution >= 0.6 is 0 Å². The molecule has 0 saturated heterocycles. The maximum absolute atomic E-state index is 12.5. The van der Waals surface area contributed by atoms with Gasteiger partial charge in [0.25, 0.3) is 0 Å². The summed E-state index contributed by atoms with van der Waals surface area (Å²) in [6, 6.07) is 15.2. The molecule has 0 amide bonds. The first kappa shape index (κ1) is 22.3. The first-order chi connectivity index (χ1) is 14.0. The molecule has 2 aromatic rings. The van der Waals surface area contributed by atoms with Gasteiger partial charge in [0.2, 0.25) is 0 Å². The topological polar surface area (TPSA) is 71.1 Å². The maximum Gasteiger partial charge on any atom is 0.320 e. The second-order valence-electron chi connectivity index (χ2n) is 6.36. The van der Waals surface area contributed by atoms with E-state index in [1.807, 2.05) is 42.5 Å². The zero-order valence-electron chi connectivity index (χ0n) is 17.3. The van der Waals surface area contributed by atoms with Crippen LogP contribution in [0.15, 0.2) is 48.5 Å². The Bertz CT molecular complexity index is 784. The molecule has 2 aromatic carbocycles. The van der Waals surface area contributed by atoms with Crippen LogP contribution < -0.4 is 9.47 Å². The average molecular weight is 400 g/mol. The largest absolute Gasteiger partial charge is 0.497 e. The summed E-state index contributed by atoms with van der Waals surface area (Å²) in [5, 5.41) is 0. The Kier molecular flexibility index (Phi) is 8.52. The normalized spacial score (nSPS) is 11.6. The van der Waals surface area contributed by atoms with Crippen molar-refractivity contribution in [2.24, 2.45) is 5.92 Å². The van der Waals surface area contributed by atoms with E-state index in [0.717, 1.165) is 11.1 Å². The maximum atomic E-state index is 12.5. The van der Waals surface area contributed by atoms with Crippen LogP contribution in [0.1, 0.15) is 37.3 Å². The van der Waals surface area contributed by atoms with Gasteiger partial charge in [0.15, 0.2) is 5.92 Å². The highest BCUT2D eigenvalue weighted by Gasteiger charge is 2.34. The van der Waals surface area contributed by atoms with Gasteiger partial charge in [-0.1, -0.05) is 36.4 Å². The van der Waals surface area contributed by atoms with E-state index in [-0.39, 0.29) is 25.6 Å². The predicted molar refractivity (Wildman–Crippen MR) is 109 cm³/mol. The van der Waals surface area contributed by atoms with Crippen molar-refractivity contribution in [1.29, 1.82) is 0 Å². The molecule has 2 rings (SSSR count). The van der Waals surface area contributed by atoms with Crippen molar-refractivity contribution in [3.63, 3.8) is 0 Å². The van der Waals surface area contributed by atoms with Crippen LogP contribution in [0.2, 0.25) is 0 Å². The van der Waals surface area contributed by atoms with Crippen molar-refractivity contribution >= 4 is 11.9 Å². The molecular formula is C23H28O6. The highest BCUT2D eigenvalue weighted by molar-refractivity contribution is 5.95. The molecule has 0 aliphatic rings. The van der Waals surface area contributed by atoms with Crippen molar-refractivity contribution < 1.29 is 28.5 Å². The lowest BCUT2D eigenvalue weighted by Gasteiger charge is -2.24. The SMILES string of the molecule is CCOC(=O)C(CC(c1ccccc1)c1ccc(OC)cc1OC)C(=O)OCC. The first-order valence-electron chi connectivity index (χ1n) is 9.65. The van der Waals surface area contributed by atoms with Gasteiger partial charge in [0.05, 0.1) is 27.4 Å². The lowest BCUT2D eigenvalue weighted by atomic mass is 9.83. The van der Waals surface area contributed by atoms with Gasteiger partial charge in [-0.15, -0.1) is 0 Å². The van der Waals surface area contributed by atoms with E-state index < -0.39 is 17.9 Å². The van der Waals surface area contributed by atoms with Crippen LogP contribution in [0, 0.1) is 5.92 Å². The molecule has 1 atom stereocenters. The molecular weight excluding hydrogens is 372 g/mol. The minimum absolute atomic E-state index is 0.191. The number of carbonyl (C=O) groups excluding carboxylic acids is 2. The summed E-state index contributed by atoms with van der Waals surface area (Å²) in [7, 11) is 3.16. The van der Waals surface area contributed by atoms with Gasteiger partial charge in [-0.3, -0.25) is 9.59 Å². The molecule has 0 spiro atoms. The third kappa shape index (κ3) is 5.73. The third-order valence-electron chi connectivity index (χ3n) is 4.63. The molecule has 0 aliphatic carbocycles. The smallest absolute Gasteiger partial charge is 0.320 e. The third-order valence-corrected chi connectivity index (χ3v) is 4.63. The van der Waals surface area contributed by atoms with Crippen LogP contribution in [0.25, 0.3) is 0 Å². The quantitative estimate of drug-likeness (QED) is 0.444. The molecule has 6 heteroatoms. The molecule has 6 nitrogen and oxygen atoms in total. The molecule has 156 valence electrons. The van der Waals surface area contributed by atoms with E-state index in [2.05, 4.69) is 0 Å². The van der Waals surface area contributed by atoms with Crippen molar-refractivity contribution in [3.05, 3.63) is 59.7 Å². The molecule has 0 N–H and O–H groups in total. The van der Waals surface area contributed by atoms with Gasteiger partial charge in [-0.2, -0.15) is 0 Å².